The Balaban J connectivity index is 1.38. The summed E-state index contributed by atoms with van der Waals surface area (Å²) < 4.78 is 11.2. The molecule has 6 heteroatoms. The quantitative estimate of drug-likeness (QED) is 0.686. The van der Waals surface area contributed by atoms with E-state index in [1.165, 1.54) is 11.1 Å². The van der Waals surface area contributed by atoms with Gasteiger partial charge in [0.25, 0.3) is 5.91 Å². The van der Waals surface area contributed by atoms with Crippen LogP contribution in [0.4, 0.5) is 0 Å². The molecule has 4 atom stereocenters. The summed E-state index contributed by atoms with van der Waals surface area (Å²) in [6.45, 7) is 6.39. The molecule has 5 rings (SSSR count). The number of carbonyl (C=O) groups is 1. The minimum Gasteiger partial charge on any atom is -0.484 e. The van der Waals surface area contributed by atoms with Crippen molar-refractivity contribution in [3.05, 3.63) is 65.2 Å². The van der Waals surface area contributed by atoms with Crippen molar-refractivity contribution in [2.75, 3.05) is 32.9 Å². The number of aryl methyl sites for hydroxylation is 1. The molecule has 2 fully saturated rings. The molecule has 1 amide bonds. The van der Waals surface area contributed by atoms with Crippen molar-refractivity contribution in [1.29, 1.82) is 0 Å². The van der Waals surface area contributed by atoms with Gasteiger partial charge in [0, 0.05) is 18.5 Å². The van der Waals surface area contributed by atoms with Crippen LogP contribution >= 0.6 is 0 Å². The Morgan fingerprint density at radius 1 is 1.14 bits per heavy atom. The summed E-state index contributed by atoms with van der Waals surface area (Å²) in [6, 6.07) is 15.8. The molecule has 2 N–H and O–H groups in total. The number of amides is 1. The minimum absolute atomic E-state index is 0.0142. The Labute approximate surface area is 207 Å². The first kappa shape index (κ1) is 24.3. The van der Waals surface area contributed by atoms with Crippen molar-refractivity contribution < 1.29 is 24.5 Å². The number of morpholine rings is 1. The smallest absolute Gasteiger partial charge is 0.260 e. The van der Waals surface area contributed by atoms with Crippen LogP contribution in [0.15, 0.2) is 48.5 Å². The maximum absolute atomic E-state index is 12.5. The molecule has 1 aliphatic heterocycles. The van der Waals surface area contributed by atoms with Gasteiger partial charge in [-0.3, -0.25) is 4.79 Å². The van der Waals surface area contributed by atoms with Gasteiger partial charge in [0.2, 0.25) is 0 Å². The van der Waals surface area contributed by atoms with E-state index in [1.807, 2.05) is 36.4 Å². The molecule has 0 spiro atoms. The summed E-state index contributed by atoms with van der Waals surface area (Å²) in [5, 5.41) is 23.5. The third-order valence-electron chi connectivity index (χ3n) is 8.86. The van der Waals surface area contributed by atoms with Crippen molar-refractivity contribution in [3.8, 4) is 5.75 Å². The second-order valence-corrected chi connectivity index (χ2v) is 10.7. The van der Waals surface area contributed by atoms with Crippen molar-refractivity contribution >= 4 is 5.91 Å². The van der Waals surface area contributed by atoms with E-state index in [9.17, 15) is 15.0 Å². The number of rotatable bonds is 5. The van der Waals surface area contributed by atoms with E-state index >= 15 is 0 Å². The lowest BCUT2D eigenvalue weighted by molar-refractivity contribution is -0.205. The maximum atomic E-state index is 12.5. The van der Waals surface area contributed by atoms with Crippen LogP contribution in [0.2, 0.25) is 0 Å². The van der Waals surface area contributed by atoms with Crippen LogP contribution < -0.4 is 4.74 Å². The van der Waals surface area contributed by atoms with E-state index in [4.69, 9.17) is 9.47 Å². The molecule has 1 saturated carbocycles. The number of benzene rings is 2. The molecule has 0 bridgehead atoms. The van der Waals surface area contributed by atoms with Crippen LogP contribution in [0.25, 0.3) is 0 Å². The monoisotopic (exact) mass is 479 g/mol. The highest BCUT2D eigenvalue weighted by Crippen LogP contribution is 2.60. The number of hydrogen-bond donors (Lipinski definition) is 2. The summed E-state index contributed by atoms with van der Waals surface area (Å²) in [6.07, 6.45) is 3.76. The first-order valence-electron chi connectivity index (χ1n) is 12.9. The first-order valence-corrected chi connectivity index (χ1v) is 12.9. The van der Waals surface area contributed by atoms with E-state index in [2.05, 4.69) is 19.1 Å². The Morgan fingerprint density at radius 3 is 2.60 bits per heavy atom. The second-order valence-electron chi connectivity index (χ2n) is 10.7. The fourth-order valence-electron chi connectivity index (χ4n) is 6.85. The highest BCUT2D eigenvalue weighted by Gasteiger charge is 2.60. The van der Waals surface area contributed by atoms with Crippen molar-refractivity contribution in [2.45, 2.75) is 62.6 Å². The van der Waals surface area contributed by atoms with Crippen LogP contribution in [0, 0.1) is 5.92 Å². The fraction of sp³-hybridized carbons (Fsp3) is 0.552. The van der Waals surface area contributed by atoms with Gasteiger partial charge in [-0.15, -0.1) is 0 Å². The Hall–Kier alpha value is -2.41. The molecule has 0 aromatic heterocycles. The third-order valence-corrected chi connectivity index (χ3v) is 8.86. The van der Waals surface area contributed by atoms with E-state index < -0.39 is 11.2 Å². The van der Waals surface area contributed by atoms with Crippen molar-refractivity contribution in [3.63, 3.8) is 0 Å². The number of aliphatic hydroxyl groups is 2. The molecule has 188 valence electrons. The number of hydrogen-bond acceptors (Lipinski definition) is 5. The molecule has 35 heavy (non-hydrogen) atoms. The topological polar surface area (TPSA) is 79.2 Å². The average molecular weight is 480 g/mol. The Bertz CT molecular complexity index is 1060. The zero-order valence-corrected chi connectivity index (χ0v) is 20.8. The normalized spacial score (nSPS) is 32.5. The second kappa shape index (κ2) is 9.23. The highest BCUT2D eigenvalue weighted by molar-refractivity contribution is 5.77. The Kier molecular flexibility index (Phi) is 6.41. The SMILES string of the molecule is CC[C@@]12CC(C)(O)[C@](O)(c3ccccc3)C[C@H]1CCc1cc(OCC(=O)N3CCOCC3)ccc12. The molecule has 0 radical (unpaired) electrons. The summed E-state index contributed by atoms with van der Waals surface area (Å²) in [5.41, 5.74) is 0.501. The van der Waals surface area contributed by atoms with Gasteiger partial charge < -0.3 is 24.6 Å². The summed E-state index contributed by atoms with van der Waals surface area (Å²) in [5.74, 6) is 0.957. The first-order chi connectivity index (χ1) is 16.8. The predicted molar refractivity (Wildman–Crippen MR) is 133 cm³/mol. The fourth-order valence-corrected chi connectivity index (χ4v) is 6.85. The van der Waals surface area contributed by atoms with Gasteiger partial charge in [-0.1, -0.05) is 43.3 Å². The predicted octanol–water partition coefficient (Wildman–Crippen LogP) is 3.57. The van der Waals surface area contributed by atoms with Gasteiger partial charge in [-0.05, 0) is 73.8 Å². The molecular weight excluding hydrogens is 442 g/mol. The lowest BCUT2D eigenvalue weighted by Gasteiger charge is -2.59. The van der Waals surface area contributed by atoms with Crippen LogP contribution in [-0.2, 0) is 27.0 Å². The lowest BCUT2D eigenvalue weighted by Crippen LogP contribution is -2.62. The zero-order chi connectivity index (χ0) is 24.7. The molecule has 2 aromatic rings. The zero-order valence-electron chi connectivity index (χ0n) is 20.8. The number of ether oxygens (including phenoxy) is 2. The summed E-state index contributed by atoms with van der Waals surface area (Å²) in [7, 11) is 0. The van der Waals surface area contributed by atoms with Gasteiger partial charge in [0.15, 0.2) is 6.61 Å². The molecule has 6 nitrogen and oxygen atoms in total. The van der Waals surface area contributed by atoms with E-state index in [-0.39, 0.29) is 23.8 Å². The summed E-state index contributed by atoms with van der Waals surface area (Å²) in [4.78, 5) is 14.3. The van der Waals surface area contributed by atoms with Crippen LogP contribution in [0.3, 0.4) is 0 Å². The number of nitrogens with zero attached hydrogens (tertiary/aromatic N) is 1. The molecule has 2 aromatic carbocycles. The molecule has 2 aliphatic carbocycles. The third kappa shape index (κ3) is 4.15. The van der Waals surface area contributed by atoms with Crippen LogP contribution in [-0.4, -0.2) is 59.5 Å². The van der Waals surface area contributed by atoms with Gasteiger partial charge in [0.05, 0.1) is 18.8 Å². The van der Waals surface area contributed by atoms with E-state index in [0.29, 0.717) is 44.9 Å². The van der Waals surface area contributed by atoms with Gasteiger partial charge >= 0.3 is 0 Å². The van der Waals surface area contributed by atoms with Gasteiger partial charge in [0.1, 0.15) is 11.4 Å². The molecule has 1 heterocycles. The van der Waals surface area contributed by atoms with Gasteiger partial charge in [-0.25, -0.2) is 0 Å². The molecule has 1 saturated heterocycles. The number of carbonyl (C=O) groups excluding carboxylic acids is 1. The lowest BCUT2D eigenvalue weighted by atomic mass is 9.49. The van der Waals surface area contributed by atoms with E-state index in [0.717, 1.165) is 24.8 Å². The average Bonchev–Trinajstić information content (AvgIpc) is 2.88. The van der Waals surface area contributed by atoms with Crippen molar-refractivity contribution in [1.82, 2.24) is 4.90 Å². The van der Waals surface area contributed by atoms with Crippen LogP contribution in [0.1, 0.15) is 56.2 Å². The van der Waals surface area contributed by atoms with Crippen LogP contribution in [0.5, 0.6) is 5.75 Å². The summed E-state index contributed by atoms with van der Waals surface area (Å²) >= 11 is 0. The molecular formula is C29H37NO5. The molecule has 1 unspecified atom stereocenters. The van der Waals surface area contributed by atoms with E-state index in [1.54, 1.807) is 11.8 Å². The highest BCUT2D eigenvalue weighted by atomic mass is 16.5. The maximum Gasteiger partial charge on any atom is 0.260 e. The minimum atomic E-state index is -1.28. The standard InChI is InChI=1S/C29H37NO5/c1-3-28-20-27(2,32)29(33,22-7-5-4-6-8-22)18-23(28)10-9-21-17-24(11-12-25(21)28)35-19-26(31)30-13-15-34-16-14-30/h4-8,11-12,17,23,32-33H,3,9-10,13-16,18-20H2,1-2H3/t23-,27?,28-,29-/m1/s1. The number of fused-ring (bicyclic) bond motifs is 3. The Morgan fingerprint density at radius 2 is 1.89 bits per heavy atom. The van der Waals surface area contributed by atoms with Gasteiger partial charge in [-0.2, -0.15) is 0 Å². The van der Waals surface area contributed by atoms with Crippen molar-refractivity contribution in [2.24, 2.45) is 5.92 Å². The molecule has 3 aliphatic rings. The largest absolute Gasteiger partial charge is 0.484 e.